The number of benzene rings is 1. The fourth-order valence-electron chi connectivity index (χ4n) is 2.31. The molecule has 18 heavy (non-hydrogen) atoms. The fraction of sp³-hybridized carbons (Fsp3) is 0.385. The molecule has 1 aliphatic heterocycles. The van der Waals surface area contributed by atoms with Crippen molar-refractivity contribution in [3.63, 3.8) is 0 Å². The van der Waals surface area contributed by atoms with E-state index in [2.05, 4.69) is 44.6 Å². The fourth-order valence-corrected chi connectivity index (χ4v) is 2.31. The molecule has 2 aromatic rings. The molecule has 0 saturated heterocycles. The Balaban J connectivity index is 1.90. The topological polar surface area (TPSA) is 46.0 Å². The molecule has 3 rings (SSSR count). The predicted molar refractivity (Wildman–Crippen MR) is 71.6 cm³/mol. The molecule has 5 heteroatoms. The monoisotopic (exact) mass is 243 g/mol. The van der Waals surface area contributed by atoms with Crippen LogP contribution in [-0.2, 0) is 13.6 Å². The smallest absolute Gasteiger partial charge is 0.146 e. The molecule has 1 N–H and O–H groups in total. The first kappa shape index (κ1) is 11.1. The number of hydrogen-bond acceptors (Lipinski definition) is 4. The summed E-state index contributed by atoms with van der Waals surface area (Å²) in [6.07, 6.45) is 2.74. The molecule has 1 aromatic heterocycles. The molecule has 5 nitrogen and oxygen atoms in total. The van der Waals surface area contributed by atoms with Gasteiger partial charge in [-0.15, -0.1) is 0 Å². The first-order valence-corrected chi connectivity index (χ1v) is 6.25. The van der Waals surface area contributed by atoms with Crippen LogP contribution in [0.1, 0.15) is 12.2 Å². The van der Waals surface area contributed by atoms with Crippen molar-refractivity contribution < 1.29 is 0 Å². The number of hydrogen-bond donors (Lipinski definition) is 1. The third kappa shape index (κ3) is 2.03. The summed E-state index contributed by atoms with van der Waals surface area (Å²) in [6.45, 7) is 2.86. The van der Waals surface area contributed by atoms with Gasteiger partial charge in [0.05, 0.1) is 17.9 Å². The molecule has 0 fully saturated rings. The summed E-state index contributed by atoms with van der Waals surface area (Å²) in [4.78, 5) is 6.66. The summed E-state index contributed by atoms with van der Waals surface area (Å²) < 4.78 is 1.83. The van der Waals surface area contributed by atoms with Gasteiger partial charge in [0.2, 0.25) is 0 Å². The molecule has 0 amide bonds. The second kappa shape index (κ2) is 4.68. The van der Waals surface area contributed by atoms with Gasteiger partial charge >= 0.3 is 0 Å². The number of nitrogens with zero attached hydrogens (tertiary/aromatic N) is 4. The van der Waals surface area contributed by atoms with Gasteiger partial charge in [0.15, 0.2) is 0 Å². The van der Waals surface area contributed by atoms with Crippen molar-refractivity contribution in [3.8, 4) is 0 Å². The lowest BCUT2D eigenvalue weighted by atomic mass is 10.2. The van der Waals surface area contributed by atoms with E-state index in [4.69, 9.17) is 0 Å². The van der Waals surface area contributed by atoms with Crippen molar-refractivity contribution in [1.29, 1.82) is 0 Å². The van der Waals surface area contributed by atoms with E-state index in [1.54, 1.807) is 6.33 Å². The van der Waals surface area contributed by atoms with E-state index in [1.165, 1.54) is 11.4 Å². The van der Waals surface area contributed by atoms with Crippen LogP contribution in [0.5, 0.6) is 0 Å². The predicted octanol–water partition coefficient (Wildman–Crippen LogP) is 1.64. The number of para-hydroxylation sites is 2. The van der Waals surface area contributed by atoms with Gasteiger partial charge in [-0.25, -0.2) is 4.98 Å². The lowest BCUT2D eigenvalue weighted by Gasteiger charge is -2.23. The van der Waals surface area contributed by atoms with E-state index in [0.717, 1.165) is 31.9 Å². The van der Waals surface area contributed by atoms with Crippen LogP contribution in [0.25, 0.3) is 0 Å². The molecule has 0 spiro atoms. The van der Waals surface area contributed by atoms with E-state index >= 15 is 0 Å². The minimum atomic E-state index is 0.801. The molecule has 94 valence electrons. The molecule has 0 aliphatic carbocycles. The van der Waals surface area contributed by atoms with Crippen LogP contribution >= 0.6 is 0 Å². The van der Waals surface area contributed by atoms with Crippen LogP contribution < -0.4 is 10.2 Å². The van der Waals surface area contributed by atoms with Gasteiger partial charge in [-0.1, -0.05) is 12.1 Å². The second-order valence-corrected chi connectivity index (χ2v) is 4.52. The lowest BCUT2D eigenvalue weighted by molar-refractivity contribution is 0.663. The standard InChI is InChI=1S/C13H17N5/c1-17-13(15-10-16-17)9-18-8-4-7-14-11-5-2-3-6-12(11)18/h2-3,5-6,10,14H,4,7-9H2,1H3. The van der Waals surface area contributed by atoms with Crippen molar-refractivity contribution in [1.82, 2.24) is 14.8 Å². The SMILES string of the molecule is Cn1ncnc1CN1CCCNc2ccccc21. The molecule has 1 aromatic carbocycles. The van der Waals surface area contributed by atoms with E-state index in [9.17, 15) is 0 Å². The third-order valence-electron chi connectivity index (χ3n) is 3.30. The third-order valence-corrected chi connectivity index (χ3v) is 3.30. The highest BCUT2D eigenvalue weighted by Crippen LogP contribution is 2.28. The Labute approximate surface area is 106 Å². The van der Waals surface area contributed by atoms with Gasteiger partial charge in [-0.2, -0.15) is 5.10 Å². The van der Waals surface area contributed by atoms with Crippen molar-refractivity contribution in [3.05, 3.63) is 36.4 Å². The minimum absolute atomic E-state index is 0.801. The van der Waals surface area contributed by atoms with Crippen LogP contribution in [0.4, 0.5) is 11.4 Å². The number of aromatic nitrogens is 3. The minimum Gasteiger partial charge on any atom is -0.383 e. The van der Waals surface area contributed by atoms with Crippen molar-refractivity contribution >= 4 is 11.4 Å². The summed E-state index contributed by atoms with van der Waals surface area (Å²) in [5.41, 5.74) is 2.45. The highest BCUT2D eigenvalue weighted by Gasteiger charge is 2.16. The van der Waals surface area contributed by atoms with Crippen LogP contribution in [-0.4, -0.2) is 27.9 Å². The van der Waals surface area contributed by atoms with Crippen molar-refractivity contribution in [2.24, 2.45) is 7.05 Å². The summed E-state index contributed by atoms with van der Waals surface area (Å²) in [6, 6.07) is 8.43. The molecule has 0 saturated carbocycles. The summed E-state index contributed by atoms with van der Waals surface area (Å²) >= 11 is 0. The largest absolute Gasteiger partial charge is 0.383 e. The molecular weight excluding hydrogens is 226 g/mol. The number of aryl methyl sites for hydroxylation is 1. The average molecular weight is 243 g/mol. The maximum atomic E-state index is 4.30. The zero-order valence-corrected chi connectivity index (χ0v) is 10.5. The number of nitrogens with one attached hydrogen (secondary N) is 1. The maximum absolute atomic E-state index is 4.30. The van der Waals surface area contributed by atoms with Gasteiger partial charge in [0, 0.05) is 20.1 Å². The Morgan fingerprint density at radius 2 is 2.22 bits per heavy atom. The van der Waals surface area contributed by atoms with Gasteiger partial charge in [-0.05, 0) is 18.6 Å². The Morgan fingerprint density at radius 1 is 1.33 bits per heavy atom. The quantitative estimate of drug-likeness (QED) is 0.871. The lowest BCUT2D eigenvalue weighted by Crippen LogP contribution is -2.25. The van der Waals surface area contributed by atoms with Crippen LogP contribution in [0, 0.1) is 0 Å². The molecule has 0 bridgehead atoms. The molecule has 0 unspecified atom stereocenters. The molecular formula is C13H17N5. The van der Waals surface area contributed by atoms with Crippen LogP contribution in [0.15, 0.2) is 30.6 Å². The van der Waals surface area contributed by atoms with Gasteiger partial charge < -0.3 is 10.2 Å². The van der Waals surface area contributed by atoms with Crippen molar-refractivity contribution in [2.45, 2.75) is 13.0 Å². The highest BCUT2D eigenvalue weighted by atomic mass is 15.3. The van der Waals surface area contributed by atoms with E-state index < -0.39 is 0 Å². The Morgan fingerprint density at radius 3 is 3.06 bits per heavy atom. The second-order valence-electron chi connectivity index (χ2n) is 4.52. The Bertz CT molecular complexity index is 534. The highest BCUT2D eigenvalue weighted by molar-refractivity contribution is 5.70. The van der Waals surface area contributed by atoms with Crippen molar-refractivity contribution in [2.75, 3.05) is 23.3 Å². The van der Waals surface area contributed by atoms with E-state index in [-0.39, 0.29) is 0 Å². The molecule has 2 heterocycles. The first-order chi connectivity index (χ1) is 8.84. The maximum Gasteiger partial charge on any atom is 0.146 e. The zero-order chi connectivity index (χ0) is 12.4. The van der Waals surface area contributed by atoms with Gasteiger partial charge in [0.25, 0.3) is 0 Å². The normalized spacial score (nSPS) is 14.8. The summed E-state index contributed by atoms with van der Waals surface area (Å²) in [7, 11) is 1.93. The molecule has 0 radical (unpaired) electrons. The summed E-state index contributed by atoms with van der Waals surface area (Å²) in [5.74, 6) is 0.992. The van der Waals surface area contributed by atoms with Crippen LogP contribution in [0.2, 0.25) is 0 Å². The van der Waals surface area contributed by atoms with Gasteiger partial charge in [0.1, 0.15) is 12.2 Å². The van der Waals surface area contributed by atoms with E-state index in [0.29, 0.717) is 0 Å². The van der Waals surface area contributed by atoms with Gasteiger partial charge in [-0.3, -0.25) is 4.68 Å². The first-order valence-electron chi connectivity index (χ1n) is 6.25. The van der Waals surface area contributed by atoms with Crippen LogP contribution in [0.3, 0.4) is 0 Å². The summed E-state index contributed by atoms with van der Waals surface area (Å²) in [5, 5.41) is 7.59. The Hall–Kier alpha value is -2.04. The molecule has 1 aliphatic rings. The molecule has 0 atom stereocenters. The number of fused-ring (bicyclic) bond motifs is 1. The zero-order valence-electron chi connectivity index (χ0n) is 10.5. The van der Waals surface area contributed by atoms with E-state index in [1.807, 2.05) is 11.7 Å². The number of rotatable bonds is 2. The Kier molecular flexibility index (Phi) is 2.88. The average Bonchev–Trinajstić information content (AvgIpc) is 2.68. The number of anilines is 2.